The van der Waals surface area contributed by atoms with Gasteiger partial charge in [0.1, 0.15) is 0 Å². The Bertz CT molecular complexity index is 570. The summed E-state index contributed by atoms with van der Waals surface area (Å²) < 4.78 is 1.98. The van der Waals surface area contributed by atoms with Crippen molar-refractivity contribution in [1.29, 1.82) is 0 Å². The number of aromatic nitrogens is 2. The van der Waals surface area contributed by atoms with Crippen LogP contribution in [0.2, 0.25) is 10.0 Å². The fourth-order valence-corrected chi connectivity index (χ4v) is 2.13. The number of imidazole rings is 1. The molecule has 1 amide bonds. The number of halogens is 2. The van der Waals surface area contributed by atoms with E-state index in [9.17, 15) is 4.79 Å². The summed E-state index contributed by atoms with van der Waals surface area (Å²) in [5, 5.41) is 3.84. The molecule has 0 atom stereocenters. The molecule has 0 fully saturated rings. The van der Waals surface area contributed by atoms with Gasteiger partial charge in [-0.3, -0.25) is 4.79 Å². The Kier molecular flexibility index (Phi) is 5.44. The van der Waals surface area contributed by atoms with Crippen molar-refractivity contribution in [3.8, 4) is 0 Å². The van der Waals surface area contributed by atoms with E-state index in [1.807, 2.05) is 10.8 Å². The average molecular weight is 312 g/mol. The van der Waals surface area contributed by atoms with Crippen LogP contribution in [0.4, 0.5) is 0 Å². The van der Waals surface area contributed by atoms with Crippen LogP contribution in [0.3, 0.4) is 0 Å². The molecule has 1 heterocycles. The highest BCUT2D eigenvalue weighted by molar-refractivity contribution is 6.42. The molecule has 2 aromatic rings. The fraction of sp³-hybridized carbons (Fsp3) is 0.286. The van der Waals surface area contributed by atoms with Crippen LogP contribution in [-0.2, 0) is 17.8 Å². The molecule has 1 N–H and O–H groups in total. The van der Waals surface area contributed by atoms with E-state index in [0.717, 1.165) is 18.5 Å². The Balaban J connectivity index is 1.71. The van der Waals surface area contributed by atoms with Gasteiger partial charge in [0.15, 0.2) is 0 Å². The largest absolute Gasteiger partial charge is 0.356 e. The number of amides is 1. The van der Waals surface area contributed by atoms with Crippen molar-refractivity contribution in [2.75, 3.05) is 6.54 Å². The summed E-state index contributed by atoms with van der Waals surface area (Å²) in [6, 6.07) is 5.22. The van der Waals surface area contributed by atoms with Gasteiger partial charge in [-0.2, -0.15) is 0 Å². The second-order valence-corrected chi connectivity index (χ2v) is 5.24. The molecule has 0 aliphatic heterocycles. The molecule has 4 nitrogen and oxygen atoms in total. The van der Waals surface area contributed by atoms with Crippen molar-refractivity contribution < 1.29 is 4.79 Å². The smallest absolute Gasteiger partial charge is 0.224 e. The lowest BCUT2D eigenvalue weighted by atomic mass is 10.1. The standard InChI is InChI=1S/C14H15Cl2N3O/c15-12-3-2-11(8-13(12)16)9-14(20)18-4-1-6-19-7-5-17-10-19/h2-3,5,7-8,10H,1,4,6,9H2,(H,18,20). The van der Waals surface area contributed by atoms with Crippen LogP contribution in [-0.4, -0.2) is 22.0 Å². The zero-order valence-corrected chi connectivity index (χ0v) is 12.4. The van der Waals surface area contributed by atoms with E-state index in [-0.39, 0.29) is 5.91 Å². The highest BCUT2D eigenvalue weighted by Crippen LogP contribution is 2.22. The molecule has 0 aliphatic carbocycles. The zero-order chi connectivity index (χ0) is 14.4. The highest BCUT2D eigenvalue weighted by Gasteiger charge is 2.05. The van der Waals surface area contributed by atoms with Crippen molar-refractivity contribution in [1.82, 2.24) is 14.9 Å². The van der Waals surface area contributed by atoms with Crippen molar-refractivity contribution in [3.63, 3.8) is 0 Å². The first-order valence-corrected chi connectivity index (χ1v) is 7.07. The maximum atomic E-state index is 11.8. The molecular weight excluding hydrogens is 297 g/mol. The number of hydrogen-bond acceptors (Lipinski definition) is 2. The third-order valence-electron chi connectivity index (χ3n) is 2.82. The first-order chi connectivity index (χ1) is 9.65. The van der Waals surface area contributed by atoms with E-state index in [0.29, 0.717) is 23.0 Å². The zero-order valence-electron chi connectivity index (χ0n) is 10.9. The van der Waals surface area contributed by atoms with Gasteiger partial charge in [0.25, 0.3) is 0 Å². The molecule has 6 heteroatoms. The van der Waals surface area contributed by atoms with E-state index in [1.165, 1.54) is 0 Å². The van der Waals surface area contributed by atoms with Crippen LogP contribution >= 0.6 is 23.2 Å². The molecule has 20 heavy (non-hydrogen) atoms. The average Bonchev–Trinajstić information content (AvgIpc) is 2.92. The molecule has 0 bridgehead atoms. The first kappa shape index (κ1) is 14.9. The van der Waals surface area contributed by atoms with Crippen molar-refractivity contribution in [2.24, 2.45) is 0 Å². The summed E-state index contributed by atoms with van der Waals surface area (Å²) >= 11 is 11.7. The normalized spacial score (nSPS) is 10.5. The van der Waals surface area contributed by atoms with Gasteiger partial charge in [0.05, 0.1) is 22.8 Å². The SMILES string of the molecule is O=C(Cc1ccc(Cl)c(Cl)c1)NCCCn1ccnc1. The number of carbonyl (C=O) groups excluding carboxylic acids is 1. The molecule has 2 rings (SSSR count). The van der Waals surface area contributed by atoms with Gasteiger partial charge in [0, 0.05) is 25.5 Å². The van der Waals surface area contributed by atoms with Crippen molar-refractivity contribution >= 4 is 29.1 Å². The fourth-order valence-electron chi connectivity index (χ4n) is 1.81. The van der Waals surface area contributed by atoms with Gasteiger partial charge in [-0.1, -0.05) is 29.3 Å². The lowest BCUT2D eigenvalue weighted by Gasteiger charge is -2.06. The number of benzene rings is 1. The Hall–Kier alpha value is -1.52. The lowest BCUT2D eigenvalue weighted by Crippen LogP contribution is -2.26. The number of rotatable bonds is 6. The Morgan fingerprint density at radius 2 is 2.15 bits per heavy atom. The van der Waals surface area contributed by atoms with E-state index >= 15 is 0 Å². The number of nitrogens with one attached hydrogen (secondary N) is 1. The van der Waals surface area contributed by atoms with E-state index in [1.54, 1.807) is 30.7 Å². The second kappa shape index (κ2) is 7.31. The predicted molar refractivity (Wildman–Crippen MR) is 80.0 cm³/mol. The first-order valence-electron chi connectivity index (χ1n) is 6.31. The van der Waals surface area contributed by atoms with Gasteiger partial charge < -0.3 is 9.88 Å². The Labute approximate surface area is 127 Å². The molecule has 0 spiro atoms. The molecule has 1 aromatic carbocycles. The molecule has 0 radical (unpaired) electrons. The number of nitrogens with zero attached hydrogens (tertiary/aromatic N) is 2. The Morgan fingerprint density at radius 1 is 1.30 bits per heavy atom. The quantitative estimate of drug-likeness (QED) is 0.834. The van der Waals surface area contributed by atoms with Gasteiger partial charge in [-0.05, 0) is 24.1 Å². The van der Waals surface area contributed by atoms with E-state index < -0.39 is 0 Å². The predicted octanol–water partition coefficient (Wildman–Crippen LogP) is 2.94. The molecule has 0 saturated heterocycles. The summed E-state index contributed by atoms with van der Waals surface area (Å²) in [5.74, 6) is -0.0194. The minimum Gasteiger partial charge on any atom is -0.356 e. The lowest BCUT2D eigenvalue weighted by molar-refractivity contribution is -0.120. The maximum absolute atomic E-state index is 11.8. The topological polar surface area (TPSA) is 46.9 Å². The third kappa shape index (κ3) is 4.54. The van der Waals surface area contributed by atoms with Crippen LogP contribution in [0, 0.1) is 0 Å². The molecule has 1 aromatic heterocycles. The van der Waals surface area contributed by atoms with Crippen LogP contribution in [0.1, 0.15) is 12.0 Å². The van der Waals surface area contributed by atoms with E-state index in [2.05, 4.69) is 10.3 Å². The van der Waals surface area contributed by atoms with Crippen LogP contribution < -0.4 is 5.32 Å². The third-order valence-corrected chi connectivity index (χ3v) is 3.56. The summed E-state index contributed by atoms with van der Waals surface area (Å²) in [4.78, 5) is 15.7. The summed E-state index contributed by atoms with van der Waals surface area (Å²) in [7, 11) is 0. The summed E-state index contributed by atoms with van der Waals surface area (Å²) in [6.45, 7) is 1.48. The van der Waals surface area contributed by atoms with Crippen molar-refractivity contribution in [2.45, 2.75) is 19.4 Å². The number of carbonyl (C=O) groups is 1. The second-order valence-electron chi connectivity index (χ2n) is 4.43. The minimum atomic E-state index is -0.0194. The molecule has 106 valence electrons. The van der Waals surface area contributed by atoms with Gasteiger partial charge >= 0.3 is 0 Å². The monoisotopic (exact) mass is 311 g/mol. The van der Waals surface area contributed by atoms with Crippen LogP contribution in [0.25, 0.3) is 0 Å². The van der Waals surface area contributed by atoms with Crippen LogP contribution in [0.15, 0.2) is 36.9 Å². The molecule has 0 unspecified atom stereocenters. The van der Waals surface area contributed by atoms with Gasteiger partial charge in [0.2, 0.25) is 5.91 Å². The molecule has 0 saturated carbocycles. The summed E-state index contributed by atoms with van der Waals surface area (Å²) in [5.41, 5.74) is 0.853. The van der Waals surface area contributed by atoms with Gasteiger partial charge in [-0.15, -0.1) is 0 Å². The number of aryl methyl sites for hydroxylation is 1. The molecular formula is C14H15Cl2N3O. The van der Waals surface area contributed by atoms with Gasteiger partial charge in [-0.25, -0.2) is 4.98 Å². The maximum Gasteiger partial charge on any atom is 0.224 e. The molecule has 0 aliphatic rings. The van der Waals surface area contributed by atoms with Crippen LogP contribution in [0.5, 0.6) is 0 Å². The number of hydrogen-bond donors (Lipinski definition) is 1. The Morgan fingerprint density at radius 3 is 2.85 bits per heavy atom. The minimum absolute atomic E-state index is 0.0194. The van der Waals surface area contributed by atoms with Crippen molar-refractivity contribution in [3.05, 3.63) is 52.5 Å². The van der Waals surface area contributed by atoms with E-state index in [4.69, 9.17) is 23.2 Å². The summed E-state index contributed by atoms with van der Waals surface area (Å²) in [6.07, 6.45) is 6.57. The highest BCUT2D eigenvalue weighted by atomic mass is 35.5.